The summed E-state index contributed by atoms with van der Waals surface area (Å²) in [7, 11) is 0. The second-order valence-corrected chi connectivity index (χ2v) is 6.47. The summed E-state index contributed by atoms with van der Waals surface area (Å²) in [6, 6.07) is 18.7. The summed E-state index contributed by atoms with van der Waals surface area (Å²) in [5, 5.41) is 0. The lowest BCUT2D eigenvalue weighted by molar-refractivity contribution is 0.0734. The summed E-state index contributed by atoms with van der Waals surface area (Å²) in [5.74, 6) is 1.40. The van der Waals surface area contributed by atoms with Crippen molar-refractivity contribution < 1.29 is 28.5 Å². The molecule has 0 spiro atoms. The van der Waals surface area contributed by atoms with Gasteiger partial charge in [-0.2, -0.15) is 0 Å². The molecule has 0 atom stereocenters. The van der Waals surface area contributed by atoms with Gasteiger partial charge in [0.05, 0.1) is 11.1 Å². The monoisotopic (exact) mass is 386 g/mol. The van der Waals surface area contributed by atoms with Crippen LogP contribution >= 0.6 is 0 Å². The van der Waals surface area contributed by atoms with Crippen LogP contribution < -0.4 is 18.9 Å². The van der Waals surface area contributed by atoms with Crippen molar-refractivity contribution in [3.63, 3.8) is 0 Å². The molecule has 2 aliphatic rings. The molecule has 29 heavy (non-hydrogen) atoms. The molecule has 0 saturated carbocycles. The third-order valence-electron chi connectivity index (χ3n) is 4.56. The van der Waals surface area contributed by atoms with Crippen LogP contribution in [-0.2, 0) is 0 Å². The van der Waals surface area contributed by atoms with Crippen molar-refractivity contribution in [3.05, 3.63) is 89.2 Å². The fourth-order valence-corrected chi connectivity index (χ4v) is 3.13. The zero-order valence-corrected chi connectivity index (χ0v) is 15.1. The molecule has 0 aliphatic carbocycles. The molecule has 0 fully saturated rings. The molecule has 6 nitrogen and oxygen atoms in total. The molecule has 142 valence electrons. The van der Waals surface area contributed by atoms with E-state index in [-0.39, 0.29) is 18.3 Å². The van der Waals surface area contributed by atoms with E-state index < -0.39 is 5.97 Å². The average Bonchev–Trinajstić information content (AvgIpc) is 3.33. The molecule has 0 unspecified atom stereocenters. The van der Waals surface area contributed by atoms with E-state index in [1.807, 2.05) is 12.1 Å². The van der Waals surface area contributed by atoms with Crippen molar-refractivity contribution in [2.75, 3.05) is 6.79 Å². The molecule has 3 aromatic carbocycles. The number of rotatable bonds is 3. The maximum Gasteiger partial charge on any atom is 0.343 e. The van der Waals surface area contributed by atoms with Gasteiger partial charge in [-0.1, -0.05) is 24.3 Å². The first-order valence-electron chi connectivity index (χ1n) is 8.92. The highest BCUT2D eigenvalue weighted by molar-refractivity contribution is 6.14. The van der Waals surface area contributed by atoms with E-state index in [1.54, 1.807) is 54.6 Å². The molecular formula is C23H14O6. The van der Waals surface area contributed by atoms with Crippen molar-refractivity contribution in [3.8, 4) is 23.0 Å². The molecule has 0 saturated heterocycles. The van der Waals surface area contributed by atoms with Gasteiger partial charge in [0, 0.05) is 6.07 Å². The van der Waals surface area contributed by atoms with Crippen molar-refractivity contribution >= 4 is 17.8 Å². The Hall–Kier alpha value is -4.06. The number of benzene rings is 3. The van der Waals surface area contributed by atoms with Crippen LogP contribution in [0, 0.1) is 0 Å². The first kappa shape index (κ1) is 17.1. The number of Topliss-reactive ketones (excluding diaryl/α,β-unsaturated/α-hetero) is 1. The molecule has 5 rings (SSSR count). The smallest absolute Gasteiger partial charge is 0.343 e. The number of carbonyl (C=O) groups is 2. The van der Waals surface area contributed by atoms with Crippen LogP contribution in [0.5, 0.6) is 23.0 Å². The number of fused-ring (bicyclic) bond motifs is 2. The molecule has 0 N–H and O–H groups in total. The Morgan fingerprint density at radius 1 is 0.897 bits per heavy atom. The Kier molecular flexibility index (Phi) is 4.02. The Bertz CT molecular complexity index is 1160. The van der Waals surface area contributed by atoms with E-state index >= 15 is 0 Å². The van der Waals surface area contributed by atoms with E-state index in [1.165, 1.54) is 6.07 Å². The highest BCUT2D eigenvalue weighted by Crippen LogP contribution is 2.37. The summed E-state index contributed by atoms with van der Waals surface area (Å²) in [4.78, 5) is 24.8. The summed E-state index contributed by atoms with van der Waals surface area (Å²) in [6.07, 6.45) is 1.64. The second-order valence-electron chi connectivity index (χ2n) is 6.47. The largest absolute Gasteiger partial charge is 0.454 e. The molecule has 0 amide bonds. The maximum absolute atomic E-state index is 12.6. The quantitative estimate of drug-likeness (QED) is 0.381. The highest BCUT2D eigenvalue weighted by Gasteiger charge is 2.28. The normalized spacial score (nSPS) is 15.2. The Labute approximate surface area is 165 Å². The van der Waals surface area contributed by atoms with Gasteiger partial charge in [-0.25, -0.2) is 4.79 Å². The number of ether oxygens (including phenoxy) is 4. The van der Waals surface area contributed by atoms with Crippen molar-refractivity contribution in [2.45, 2.75) is 0 Å². The van der Waals surface area contributed by atoms with Gasteiger partial charge in [-0.15, -0.1) is 0 Å². The molecule has 3 aromatic rings. The van der Waals surface area contributed by atoms with Gasteiger partial charge in [-0.05, 0) is 48.0 Å². The van der Waals surface area contributed by atoms with Crippen LogP contribution in [0.4, 0.5) is 0 Å². The Morgan fingerprint density at radius 3 is 2.59 bits per heavy atom. The van der Waals surface area contributed by atoms with Crippen molar-refractivity contribution in [1.29, 1.82) is 0 Å². The third-order valence-corrected chi connectivity index (χ3v) is 4.56. The first-order chi connectivity index (χ1) is 14.2. The second kappa shape index (κ2) is 6.83. The number of ketones is 1. The Balaban J connectivity index is 1.37. The summed E-state index contributed by atoms with van der Waals surface area (Å²) < 4.78 is 21.7. The first-order valence-corrected chi connectivity index (χ1v) is 8.92. The van der Waals surface area contributed by atoms with E-state index in [2.05, 4.69) is 0 Å². The minimum atomic E-state index is -0.481. The predicted molar refractivity (Wildman–Crippen MR) is 103 cm³/mol. The fourth-order valence-electron chi connectivity index (χ4n) is 3.13. The van der Waals surface area contributed by atoms with Gasteiger partial charge >= 0.3 is 5.97 Å². The molecule has 0 aromatic heterocycles. The predicted octanol–water partition coefficient (Wildman–Crippen LogP) is 4.25. The lowest BCUT2D eigenvalue weighted by atomic mass is 10.1. The molecule has 0 radical (unpaired) electrons. The topological polar surface area (TPSA) is 71.1 Å². The van der Waals surface area contributed by atoms with Crippen molar-refractivity contribution in [2.24, 2.45) is 0 Å². The van der Waals surface area contributed by atoms with E-state index in [9.17, 15) is 9.59 Å². The van der Waals surface area contributed by atoms with Gasteiger partial charge in [0.2, 0.25) is 12.6 Å². The van der Waals surface area contributed by atoms with Crippen LogP contribution in [0.15, 0.2) is 72.5 Å². The molecular weight excluding hydrogens is 372 g/mol. The van der Waals surface area contributed by atoms with E-state index in [4.69, 9.17) is 18.9 Å². The number of carbonyl (C=O) groups excluding carboxylic acids is 2. The number of esters is 1. The van der Waals surface area contributed by atoms with Crippen LogP contribution in [-0.4, -0.2) is 18.5 Å². The van der Waals surface area contributed by atoms with E-state index in [0.717, 1.165) is 5.56 Å². The zero-order chi connectivity index (χ0) is 19.8. The summed E-state index contributed by atoms with van der Waals surface area (Å²) in [6.45, 7) is 0.181. The van der Waals surface area contributed by atoms with Gasteiger partial charge in [0.15, 0.2) is 17.3 Å². The standard InChI is InChI=1S/C23H14O6/c24-22-17-8-7-16(28-23(25)15-4-2-1-3-5-15)12-19(17)29-21(22)11-14-6-9-18-20(10-14)27-13-26-18/h1-12H,13H2. The van der Waals surface area contributed by atoms with Gasteiger partial charge in [0.1, 0.15) is 11.5 Å². The number of hydrogen-bond donors (Lipinski definition) is 0. The van der Waals surface area contributed by atoms with Crippen LogP contribution in [0.25, 0.3) is 6.08 Å². The van der Waals surface area contributed by atoms with Gasteiger partial charge < -0.3 is 18.9 Å². The van der Waals surface area contributed by atoms with E-state index in [0.29, 0.717) is 34.1 Å². The fraction of sp³-hybridized carbons (Fsp3) is 0.0435. The van der Waals surface area contributed by atoms with Gasteiger partial charge in [-0.3, -0.25) is 4.79 Å². The minimum absolute atomic E-state index is 0.181. The summed E-state index contributed by atoms with van der Waals surface area (Å²) >= 11 is 0. The summed E-state index contributed by atoms with van der Waals surface area (Å²) in [5.41, 5.74) is 1.60. The molecule has 2 heterocycles. The van der Waals surface area contributed by atoms with Crippen LogP contribution in [0.3, 0.4) is 0 Å². The number of allylic oxidation sites excluding steroid dienone is 1. The SMILES string of the molecule is O=C(Oc1ccc2c(c1)OC(=Cc1ccc3c(c1)OCO3)C2=O)c1ccccc1. The number of hydrogen-bond acceptors (Lipinski definition) is 6. The minimum Gasteiger partial charge on any atom is -0.454 e. The highest BCUT2D eigenvalue weighted by atomic mass is 16.7. The third kappa shape index (κ3) is 3.21. The van der Waals surface area contributed by atoms with Crippen LogP contribution in [0.1, 0.15) is 26.3 Å². The Morgan fingerprint density at radius 2 is 1.72 bits per heavy atom. The zero-order valence-electron chi connectivity index (χ0n) is 15.1. The average molecular weight is 386 g/mol. The maximum atomic E-state index is 12.6. The molecule has 2 aliphatic heterocycles. The lowest BCUT2D eigenvalue weighted by Crippen LogP contribution is -2.08. The molecule has 0 bridgehead atoms. The van der Waals surface area contributed by atoms with Crippen LogP contribution in [0.2, 0.25) is 0 Å². The lowest BCUT2D eigenvalue weighted by Gasteiger charge is -2.05. The molecule has 6 heteroatoms. The van der Waals surface area contributed by atoms with Gasteiger partial charge in [0.25, 0.3) is 0 Å². The van der Waals surface area contributed by atoms with Crippen molar-refractivity contribution in [1.82, 2.24) is 0 Å².